The Hall–Kier alpha value is -0.570. The molecule has 64 valence electrons. The molecule has 0 saturated carbocycles. The van der Waals surface area contributed by atoms with Gasteiger partial charge in [0.25, 0.3) is 0 Å². The van der Waals surface area contributed by atoms with Gasteiger partial charge in [0.2, 0.25) is 0 Å². The zero-order valence-corrected chi connectivity index (χ0v) is 7.08. The summed E-state index contributed by atoms with van der Waals surface area (Å²) in [6.45, 7) is 4.38. The van der Waals surface area contributed by atoms with Crippen molar-refractivity contribution in [3.63, 3.8) is 0 Å². The number of likely N-dealkylation sites (tertiary alicyclic amines) is 1. The van der Waals surface area contributed by atoms with E-state index >= 15 is 0 Å². The summed E-state index contributed by atoms with van der Waals surface area (Å²) in [5.74, 6) is -0.717. The highest BCUT2D eigenvalue weighted by Gasteiger charge is 2.28. The minimum atomic E-state index is -0.717. The van der Waals surface area contributed by atoms with Gasteiger partial charge in [0.05, 0.1) is 6.54 Å². The summed E-state index contributed by atoms with van der Waals surface area (Å²) in [6, 6.07) is 0.891. The Morgan fingerprint density at radius 1 is 1.45 bits per heavy atom. The number of hydrogen-bond acceptors (Lipinski definition) is 2. The highest BCUT2D eigenvalue weighted by Crippen LogP contribution is 2.22. The summed E-state index contributed by atoms with van der Waals surface area (Å²) >= 11 is 0. The molecule has 0 aliphatic carbocycles. The summed E-state index contributed by atoms with van der Waals surface area (Å²) in [5, 5.41) is 8.57. The largest absolute Gasteiger partial charge is 0.480 e. The van der Waals surface area contributed by atoms with E-state index in [4.69, 9.17) is 5.11 Å². The average molecular weight is 157 g/mol. The lowest BCUT2D eigenvalue weighted by Gasteiger charge is -2.23. The monoisotopic (exact) mass is 157 g/mol. The SMILES string of the molecule is C[C@@H]1CC[C@@H](C)N1CC(=O)O. The number of rotatable bonds is 2. The fraction of sp³-hybridized carbons (Fsp3) is 0.875. The Balaban J connectivity index is 2.47. The molecule has 1 aliphatic heterocycles. The molecule has 0 spiro atoms. The third-order valence-corrected chi connectivity index (χ3v) is 2.45. The van der Waals surface area contributed by atoms with Crippen LogP contribution in [-0.4, -0.2) is 34.6 Å². The molecule has 1 N–H and O–H groups in total. The van der Waals surface area contributed by atoms with Gasteiger partial charge in [0.1, 0.15) is 0 Å². The molecule has 11 heavy (non-hydrogen) atoms. The van der Waals surface area contributed by atoms with E-state index in [-0.39, 0.29) is 6.54 Å². The van der Waals surface area contributed by atoms with Gasteiger partial charge in [-0.1, -0.05) is 0 Å². The minimum absolute atomic E-state index is 0.197. The third-order valence-electron chi connectivity index (χ3n) is 2.45. The van der Waals surface area contributed by atoms with Crippen molar-refractivity contribution in [3.8, 4) is 0 Å². The molecule has 0 amide bonds. The molecule has 3 heteroatoms. The topological polar surface area (TPSA) is 40.5 Å². The second-order valence-corrected chi connectivity index (χ2v) is 3.34. The summed E-state index contributed by atoms with van der Waals surface area (Å²) < 4.78 is 0. The fourth-order valence-electron chi connectivity index (χ4n) is 1.72. The van der Waals surface area contributed by atoms with E-state index in [0.717, 1.165) is 12.8 Å². The van der Waals surface area contributed by atoms with Crippen molar-refractivity contribution in [2.24, 2.45) is 0 Å². The van der Waals surface area contributed by atoms with Gasteiger partial charge < -0.3 is 5.11 Å². The van der Waals surface area contributed by atoms with E-state index in [9.17, 15) is 4.79 Å². The van der Waals surface area contributed by atoms with E-state index < -0.39 is 5.97 Å². The van der Waals surface area contributed by atoms with Gasteiger partial charge in [0, 0.05) is 12.1 Å². The predicted molar refractivity (Wildman–Crippen MR) is 42.5 cm³/mol. The number of nitrogens with zero attached hydrogens (tertiary/aromatic N) is 1. The van der Waals surface area contributed by atoms with Crippen LogP contribution < -0.4 is 0 Å². The first-order valence-electron chi connectivity index (χ1n) is 4.09. The lowest BCUT2D eigenvalue weighted by Crippen LogP contribution is -2.37. The smallest absolute Gasteiger partial charge is 0.317 e. The van der Waals surface area contributed by atoms with Crippen LogP contribution in [0, 0.1) is 0 Å². The molecular formula is C8H15NO2. The summed E-state index contributed by atoms with van der Waals surface area (Å²) in [7, 11) is 0. The Morgan fingerprint density at radius 2 is 1.91 bits per heavy atom. The Morgan fingerprint density at radius 3 is 2.27 bits per heavy atom. The summed E-state index contributed by atoms with van der Waals surface area (Å²) in [4.78, 5) is 12.4. The van der Waals surface area contributed by atoms with Gasteiger partial charge in [0.15, 0.2) is 0 Å². The van der Waals surface area contributed by atoms with Gasteiger partial charge in [-0.25, -0.2) is 0 Å². The lowest BCUT2D eigenvalue weighted by atomic mass is 10.2. The van der Waals surface area contributed by atoms with E-state index in [2.05, 4.69) is 13.8 Å². The van der Waals surface area contributed by atoms with Gasteiger partial charge in [-0.2, -0.15) is 0 Å². The fourth-order valence-corrected chi connectivity index (χ4v) is 1.72. The molecule has 2 atom stereocenters. The van der Waals surface area contributed by atoms with Crippen molar-refractivity contribution < 1.29 is 9.90 Å². The maximum atomic E-state index is 10.4. The maximum Gasteiger partial charge on any atom is 0.317 e. The number of carbonyl (C=O) groups is 1. The van der Waals surface area contributed by atoms with Crippen LogP contribution in [0.2, 0.25) is 0 Å². The quantitative estimate of drug-likeness (QED) is 0.648. The van der Waals surface area contributed by atoms with Crippen molar-refractivity contribution in [2.45, 2.75) is 38.8 Å². The average Bonchev–Trinajstić information content (AvgIpc) is 2.18. The van der Waals surface area contributed by atoms with E-state index in [1.807, 2.05) is 4.90 Å². The van der Waals surface area contributed by atoms with E-state index in [0.29, 0.717) is 12.1 Å². The number of carboxylic acid groups (broad SMARTS) is 1. The summed E-state index contributed by atoms with van der Waals surface area (Å²) in [6.07, 6.45) is 2.27. The predicted octanol–water partition coefficient (Wildman–Crippen LogP) is 0.944. The van der Waals surface area contributed by atoms with Crippen LogP contribution in [0.1, 0.15) is 26.7 Å². The molecule has 0 aromatic carbocycles. The molecule has 0 bridgehead atoms. The van der Waals surface area contributed by atoms with Crippen LogP contribution in [-0.2, 0) is 4.79 Å². The van der Waals surface area contributed by atoms with Crippen molar-refractivity contribution in [3.05, 3.63) is 0 Å². The van der Waals surface area contributed by atoms with Crippen LogP contribution in [0.25, 0.3) is 0 Å². The molecule has 0 aromatic heterocycles. The molecule has 1 rings (SSSR count). The molecular weight excluding hydrogens is 142 g/mol. The zero-order valence-electron chi connectivity index (χ0n) is 7.08. The molecule has 1 heterocycles. The third kappa shape index (κ3) is 1.93. The van der Waals surface area contributed by atoms with Crippen LogP contribution in [0.4, 0.5) is 0 Å². The van der Waals surface area contributed by atoms with Crippen molar-refractivity contribution in [1.82, 2.24) is 4.90 Å². The van der Waals surface area contributed by atoms with Crippen LogP contribution in [0.5, 0.6) is 0 Å². The molecule has 0 aromatic rings. The van der Waals surface area contributed by atoms with Crippen molar-refractivity contribution in [1.29, 1.82) is 0 Å². The second-order valence-electron chi connectivity index (χ2n) is 3.34. The zero-order chi connectivity index (χ0) is 8.43. The molecule has 1 saturated heterocycles. The normalized spacial score (nSPS) is 32.5. The second kappa shape index (κ2) is 3.22. The van der Waals surface area contributed by atoms with Crippen LogP contribution in [0.15, 0.2) is 0 Å². The van der Waals surface area contributed by atoms with E-state index in [1.54, 1.807) is 0 Å². The van der Waals surface area contributed by atoms with Gasteiger partial charge in [-0.3, -0.25) is 9.69 Å². The van der Waals surface area contributed by atoms with Crippen LogP contribution >= 0.6 is 0 Å². The molecule has 1 fully saturated rings. The van der Waals surface area contributed by atoms with Gasteiger partial charge in [-0.05, 0) is 26.7 Å². The van der Waals surface area contributed by atoms with E-state index in [1.165, 1.54) is 0 Å². The van der Waals surface area contributed by atoms with Gasteiger partial charge >= 0.3 is 5.97 Å². The van der Waals surface area contributed by atoms with Crippen LogP contribution in [0.3, 0.4) is 0 Å². The van der Waals surface area contributed by atoms with Crippen molar-refractivity contribution >= 4 is 5.97 Å². The minimum Gasteiger partial charge on any atom is -0.480 e. The first-order chi connectivity index (χ1) is 5.11. The highest BCUT2D eigenvalue weighted by molar-refractivity contribution is 5.69. The first-order valence-corrected chi connectivity index (χ1v) is 4.09. The lowest BCUT2D eigenvalue weighted by molar-refractivity contribution is -0.138. The Labute approximate surface area is 67.0 Å². The standard InChI is InChI=1S/C8H15NO2/c1-6-3-4-7(2)9(6)5-8(10)11/h6-7H,3-5H2,1-2H3,(H,10,11)/t6-,7-/m1/s1. The van der Waals surface area contributed by atoms with Crippen molar-refractivity contribution in [2.75, 3.05) is 6.54 Å². The Bertz CT molecular complexity index is 148. The summed E-state index contributed by atoms with van der Waals surface area (Å²) in [5.41, 5.74) is 0. The first kappa shape index (κ1) is 8.53. The Kier molecular flexibility index (Phi) is 2.49. The number of hydrogen-bond donors (Lipinski definition) is 1. The number of aliphatic carboxylic acids is 1. The van der Waals surface area contributed by atoms with Gasteiger partial charge in [-0.15, -0.1) is 0 Å². The molecule has 0 unspecified atom stereocenters. The molecule has 1 aliphatic rings. The highest BCUT2D eigenvalue weighted by atomic mass is 16.4. The maximum absolute atomic E-state index is 10.4. The molecule has 3 nitrogen and oxygen atoms in total. The molecule has 0 radical (unpaired) electrons. The number of carboxylic acids is 1.